The van der Waals surface area contributed by atoms with Crippen molar-refractivity contribution in [3.8, 4) is 0 Å². The molecule has 2 heteroatoms. The number of carbonyl (C=O) groups excluding carboxylic acids is 1. The van der Waals surface area contributed by atoms with E-state index < -0.39 is 0 Å². The highest BCUT2D eigenvalue weighted by Gasteiger charge is 2.40. The fourth-order valence-corrected chi connectivity index (χ4v) is 2.23. The zero-order chi connectivity index (χ0) is 11.6. The Morgan fingerprint density at radius 3 is 2.56 bits per heavy atom. The molecule has 1 fully saturated rings. The van der Waals surface area contributed by atoms with Crippen molar-refractivity contribution in [2.45, 2.75) is 39.4 Å². The molecule has 0 aliphatic heterocycles. The largest absolute Gasteiger partial charge is 0.373 e. The van der Waals surface area contributed by atoms with E-state index in [1.54, 1.807) is 0 Å². The van der Waals surface area contributed by atoms with E-state index in [0.29, 0.717) is 25.2 Å². The smallest absolute Gasteiger partial charge is 0.136 e. The predicted molar refractivity (Wildman–Crippen MR) is 63.0 cm³/mol. The van der Waals surface area contributed by atoms with Crippen molar-refractivity contribution in [3.05, 3.63) is 35.9 Å². The number of hydrogen-bond acceptors (Lipinski definition) is 2. The second-order valence-corrected chi connectivity index (χ2v) is 5.19. The van der Waals surface area contributed by atoms with Crippen molar-refractivity contribution in [1.29, 1.82) is 0 Å². The van der Waals surface area contributed by atoms with Gasteiger partial charge in [0.15, 0.2) is 0 Å². The molecule has 0 radical (unpaired) electrons. The first kappa shape index (κ1) is 11.3. The molecule has 1 aliphatic carbocycles. The summed E-state index contributed by atoms with van der Waals surface area (Å²) >= 11 is 0. The highest BCUT2D eigenvalue weighted by atomic mass is 16.5. The van der Waals surface area contributed by atoms with Crippen LogP contribution >= 0.6 is 0 Å². The molecule has 0 saturated heterocycles. The Balaban J connectivity index is 1.94. The molecule has 1 unspecified atom stereocenters. The van der Waals surface area contributed by atoms with Gasteiger partial charge < -0.3 is 4.74 Å². The third-order valence-electron chi connectivity index (χ3n) is 3.23. The standard InChI is InChI=1S/C14H18O2/c1-14(2)9-12(15)8-13(14)16-10-11-6-4-3-5-7-11/h3-7,13H,8-10H2,1-2H3. The first-order valence-corrected chi connectivity index (χ1v) is 5.75. The fourth-order valence-electron chi connectivity index (χ4n) is 2.23. The Labute approximate surface area is 96.6 Å². The number of benzene rings is 1. The Kier molecular flexibility index (Phi) is 3.10. The van der Waals surface area contributed by atoms with Gasteiger partial charge in [0.1, 0.15) is 5.78 Å². The second-order valence-electron chi connectivity index (χ2n) is 5.19. The lowest BCUT2D eigenvalue weighted by molar-refractivity contribution is -0.118. The number of ether oxygens (including phenoxy) is 1. The van der Waals surface area contributed by atoms with Crippen LogP contribution in [-0.4, -0.2) is 11.9 Å². The summed E-state index contributed by atoms with van der Waals surface area (Å²) in [6.45, 7) is 4.81. The Hall–Kier alpha value is -1.15. The summed E-state index contributed by atoms with van der Waals surface area (Å²) in [6, 6.07) is 10.1. The maximum Gasteiger partial charge on any atom is 0.136 e. The molecule has 86 valence electrons. The van der Waals surface area contributed by atoms with Crippen molar-refractivity contribution in [3.63, 3.8) is 0 Å². The van der Waals surface area contributed by atoms with Gasteiger partial charge in [-0.3, -0.25) is 4.79 Å². The molecule has 1 saturated carbocycles. The van der Waals surface area contributed by atoms with Gasteiger partial charge in [-0.15, -0.1) is 0 Å². The van der Waals surface area contributed by atoms with E-state index in [-0.39, 0.29) is 11.5 Å². The number of carbonyl (C=O) groups is 1. The molecule has 0 N–H and O–H groups in total. The molecule has 0 amide bonds. The van der Waals surface area contributed by atoms with E-state index in [0.717, 1.165) is 5.56 Å². The van der Waals surface area contributed by atoms with Gasteiger partial charge in [0.25, 0.3) is 0 Å². The van der Waals surface area contributed by atoms with E-state index in [9.17, 15) is 4.79 Å². The lowest BCUT2D eigenvalue weighted by atomic mass is 9.89. The summed E-state index contributed by atoms with van der Waals surface area (Å²) in [7, 11) is 0. The summed E-state index contributed by atoms with van der Waals surface area (Å²) in [6.07, 6.45) is 1.28. The van der Waals surface area contributed by atoms with Gasteiger partial charge in [0.05, 0.1) is 12.7 Å². The minimum Gasteiger partial charge on any atom is -0.373 e. The Morgan fingerprint density at radius 2 is 2.00 bits per heavy atom. The number of ketones is 1. The SMILES string of the molecule is CC1(C)CC(=O)CC1OCc1ccccc1. The van der Waals surface area contributed by atoms with Crippen LogP contribution in [0.15, 0.2) is 30.3 Å². The molecule has 0 heterocycles. The summed E-state index contributed by atoms with van der Waals surface area (Å²) in [4.78, 5) is 11.4. The van der Waals surface area contributed by atoms with Gasteiger partial charge in [-0.1, -0.05) is 44.2 Å². The lowest BCUT2D eigenvalue weighted by Gasteiger charge is -2.25. The van der Waals surface area contributed by atoms with Gasteiger partial charge in [-0.25, -0.2) is 0 Å². The summed E-state index contributed by atoms with van der Waals surface area (Å²) in [5.41, 5.74) is 1.16. The van der Waals surface area contributed by atoms with Gasteiger partial charge in [0, 0.05) is 12.8 Å². The van der Waals surface area contributed by atoms with Crippen LogP contribution in [0.25, 0.3) is 0 Å². The van der Waals surface area contributed by atoms with E-state index in [2.05, 4.69) is 13.8 Å². The van der Waals surface area contributed by atoms with E-state index in [1.165, 1.54) is 0 Å². The van der Waals surface area contributed by atoms with Crippen LogP contribution in [0, 0.1) is 5.41 Å². The van der Waals surface area contributed by atoms with Crippen molar-refractivity contribution in [2.24, 2.45) is 5.41 Å². The molecule has 1 aromatic carbocycles. The number of Topliss-reactive ketones (excluding diaryl/α,β-unsaturated/α-hetero) is 1. The molecule has 1 aliphatic rings. The Morgan fingerprint density at radius 1 is 1.31 bits per heavy atom. The van der Waals surface area contributed by atoms with Crippen LogP contribution in [0.4, 0.5) is 0 Å². The van der Waals surface area contributed by atoms with Gasteiger partial charge in [0.2, 0.25) is 0 Å². The van der Waals surface area contributed by atoms with Crippen LogP contribution < -0.4 is 0 Å². The molecular weight excluding hydrogens is 200 g/mol. The van der Waals surface area contributed by atoms with Crippen LogP contribution in [0.1, 0.15) is 32.3 Å². The minimum absolute atomic E-state index is 0.00807. The van der Waals surface area contributed by atoms with Gasteiger partial charge in [-0.05, 0) is 11.0 Å². The van der Waals surface area contributed by atoms with Gasteiger partial charge in [-0.2, -0.15) is 0 Å². The normalized spacial score (nSPS) is 23.6. The minimum atomic E-state index is -0.00807. The topological polar surface area (TPSA) is 26.3 Å². The van der Waals surface area contributed by atoms with Crippen molar-refractivity contribution in [1.82, 2.24) is 0 Å². The molecule has 1 aromatic rings. The molecule has 0 aromatic heterocycles. The lowest BCUT2D eigenvalue weighted by Crippen LogP contribution is -2.25. The zero-order valence-corrected chi connectivity index (χ0v) is 9.90. The highest BCUT2D eigenvalue weighted by molar-refractivity contribution is 5.82. The van der Waals surface area contributed by atoms with Crippen molar-refractivity contribution in [2.75, 3.05) is 0 Å². The van der Waals surface area contributed by atoms with E-state index in [1.807, 2.05) is 30.3 Å². The molecule has 2 rings (SSSR count). The molecule has 2 nitrogen and oxygen atoms in total. The maximum atomic E-state index is 11.4. The molecule has 0 spiro atoms. The predicted octanol–water partition coefficient (Wildman–Crippen LogP) is 2.96. The van der Waals surface area contributed by atoms with E-state index >= 15 is 0 Å². The van der Waals surface area contributed by atoms with Crippen LogP contribution in [-0.2, 0) is 16.1 Å². The summed E-state index contributed by atoms with van der Waals surface area (Å²) in [5, 5.41) is 0. The third kappa shape index (κ3) is 2.50. The third-order valence-corrected chi connectivity index (χ3v) is 3.23. The number of rotatable bonds is 3. The van der Waals surface area contributed by atoms with E-state index in [4.69, 9.17) is 4.74 Å². The van der Waals surface area contributed by atoms with Crippen molar-refractivity contribution >= 4 is 5.78 Å². The zero-order valence-electron chi connectivity index (χ0n) is 9.90. The molecule has 16 heavy (non-hydrogen) atoms. The number of hydrogen-bond donors (Lipinski definition) is 0. The molecule has 1 atom stereocenters. The Bertz CT molecular complexity index is 368. The average Bonchev–Trinajstić information content (AvgIpc) is 2.50. The second kappa shape index (κ2) is 4.38. The molecule has 0 bridgehead atoms. The highest BCUT2D eigenvalue weighted by Crippen LogP contribution is 2.37. The first-order chi connectivity index (χ1) is 7.58. The maximum absolute atomic E-state index is 11.4. The van der Waals surface area contributed by atoms with Crippen LogP contribution in [0.5, 0.6) is 0 Å². The molecular formula is C14H18O2. The monoisotopic (exact) mass is 218 g/mol. The van der Waals surface area contributed by atoms with Crippen molar-refractivity contribution < 1.29 is 9.53 Å². The van der Waals surface area contributed by atoms with Crippen LogP contribution in [0.3, 0.4) is 0 Å². The van der Waals surface area contributed by atoms with Crippen LogP contribution in [0.2, 0.25) is 0 Å². The fraction of sp³-hybridized carbons (Fsp3) is 0.500. The quantitative estimate of drug-likeness (QED) is 0.779. The first-order valence-electron chi connectivity index (χ1n) is 5.75. The summed E-state index contributed by atoms with van der Waals surface area (Å²) < 4.78 is 5.85. The summed E-state index contributed by atoms with van der Waals surface area (Å²) in [5.74, 6) is 0.322. The van der Waals surface area contributed by atoms with Gasteiger partial charge >= 0.3 is 0 Å². The average molecular weight is 218 g/mol.